The summed E-state index contributed by atoms with van der Waals surface area (Å²) < 4.78 is 0. The van der Waals surface area contributed by atoms with E-state index in [2.05, 4.69) is 34.6 Å². The minimum absolute atomic E-state index is 0.0228. The van der Waals surface area contributed by atoms with E-state index in [-0.39, 0.29) is 18.1 Å². The Morgan fingerprint density at radius 1 is 1.38 bits per heavy atom. The lowest BCUT2D eigenvalue weighted by molar-refractivity contribution is 0.0239. The number of aryl methyl sites for hydroxylation is 1. The van der Waals surface area contributed by atoms with E-state index in [0.717, 1.165) is 37.8 Å². The summed E-state index contributed by atoms with van der Waals surface area (Å²) in [5.41, 5.74) is 2.62. The first-order chi connectivity index (χ1) is 11.7. The van der Waals surface area contributed by atoms with Crippen LogP contribution < -0.4 is 5.32 Å². The molecule has 0 bridgehead atoms. The van der Waals surface area contributed by atoms with Gasteiger partial charge in [0.1, 0.15) is 5.69 Å². The lowest BCUT2D eigenvalue weighted by Crippen LogP contribution is -2.48. The normalized spacial score (nSPS) is 21.1. The van der Waals surface area contributed by atoms with E-state index >= 15 is 0 Å². The Morgan fingerprint density at radius 2 is 2.12 bits per heavy atom. The highest BCUT2D eigenvalue weighted by Gasteiger charge is 2.35. The summed E-state index contributed by atoms with van der Waals surface area (Å²) in [6.45, 7) is 2.10. The lowest BCUT2D eigenvalue weighted by Gasteiger charge is -2.38. The first-order valence-corrected chi connectivity index (χ1v) is 8.73. The standard InChI is InChI=1S/C19H25N3O2/c1-2-6-15-12-18(22-21-15)19(24)20-17(14-10-16(23)11-14)9-13-7-4-3-5-8-13/h3-5,7-8,12,14,16-17,23H,2,6,9-11H2,1H3,(H,20,24)(H,21,22). The molecule has 1 atom stereocenters. The first-order valence-electron chi connectivity index (χ1n) is 8.73. The van der Waals surface area contributed by atoms with Crippen LogP contribution in [0.15, 0.2) is 36.4 Å². The average molecular weight is 327 g/mol. The quantitative estimate of drug-likeness (QED) is 0.731. The van der Waals surface area contributed by atoms with Gasteiger partial charge in [-0.2, -0.15) is 5.10 Å². The second-order valence-corrected chi connectivity index (χ2v) is 6.68. The molecule has 1 aliphatic carbocycles. The van der Waals surface area contributed by atoms with Crippen molar-refractivity contribution in [3.8, 4) is 0 Å². The molecule has 1 aromatic carbocycles. The Bertz CT molecular complexity index is 662. The first kappa shape index (κ1) is 16.7. The number of nitrogens with zero attached hydrogens (tertiary/aromatic N) is 1. The van der Waals surface area contributed by atoms with Gasteiger partial charge in [0.05, 0.1) is 6.10 Å². The van der Waals surface area contributed by atoms with E-state index < -0.39 is 0 Å². The number of rotatable bonds is 7. The van der Waals surface area contributed by atoms with Crippen molar-refractivity contribution in [3.05, 3.63) is 53.3 Å². The summed E-state index contributed by atoms with van der Waals surface area (Å²) in [6.07, 6.45) is 3.95. The van der Waals surface area contributed by atoms with Crippen LogP contribution in [0.2, 0.25) is 0 Å². The summed E-state index contributed by atoms with van der Waals surface area (Å²) in [5.74, 6) is 0.175. The number of aromatic amines is 1. The molecule has 1 aromatic heterocycles. The maximum Gasteiger partial charge on any atom is 0.272 e. The Balaban J connectivity index is 1.67. The van der Waals surface area contributed by atoms with E-state index in [1.807, 2.05) is 24.3 Å². The van der Waals surface area contributed by atoms with Gasteiger partial charge in [-0.05, 0) is 43.2 Å². The minimum Gasteiger partial charge on any atom is -0.393 e. The van der Waals surface area contributed by atoms with Gasteiger partial charge in [0.25, 0.3) is 5.91 Å². The molecule has 1 fully saturated rings. The number of hydrogen-bond acceptors (Lipinski definition) is 3. The van der Waals surface area contributed by atoms with Crippen molar-refractivity contribution in [2.45, 2.75) is 51.2 Å². The van der Waals surface area contributed by atoms with Gasteiger partial charge in [0.15, 0.2) is 0 Å². The van der Waals surface area contributed by atoms with Crippen molar-refractivity contribution >= 4 is 5.91 Å². The molecule has 0 aliphatic heterocycles. The summed E-state index contributed by atoms with van der Waals surface area (Å²) in [5, 5.41) is 19.8. The lowest BCUT2D eigenvalue weighted by atomic mass is 9.75. The number of hydrogen-bond donors (Lipinski definition) is 3. The van der Waals surface area contributed by atoms with Crippen LogP contribution in [0, 0.1) is 5.92 Å². The number of benzene rings is 1. The van der Waals surface area contributed by atoms with Gasteiger partial charge in [-0.25, -0.2) is 0 Å². The molecule has 2 aromatic rings. The number of carbonyl (C=O) groups is 1. The second kappa shape index (κ2) is 7.62. The fourth-order valence-electron chi connectivity index (χ4n) is 3.28. The van der Waals surface area contributed by atoms with Crippen molar-refractivity contribution < 1.29 is 9.90 Å². The van der Waals surface area contributed by atoms with E-state index in [1.165, 1.54) is 5.56 Å². The third-order valence-corrected chi connectivity index (χ3v) is 4.72. The number of aliphatic hydroxyl groups excluding tert-OH is 1. The van der Waals surface area contributed by atoms with Gasteiger partial charge in [-0.15, -0.1) is 0 Å². The highest BCUT2D eigenvalue weighted by Crippen LogP contribution is 2.31. The van der Waals surface area contributed by atoms with Gasteiger partial charge < -0.3 is 10.4 Å². The molecule has 0 spiro atoms. The number of aromatic nitrogens is 2. The molecule has 24 heavy (non-hydrogen) atoms. The molecule has 1 unspecified atom stereocenters. The van der Waals surface area contributed by atoms with Gasteiger partial charge >= 0.3 is 0 Å². The molecule has 128 valence electrons. The van der Waals surface area contributed by atoms with E-state index in [1.54, 1.807) is 0 Å². The molecule has 5 heteroatoms. The van der Waals surface area contributed by atoms with E-state index in [9.17, 15) is 9.90 Å². The third kappa shape index (κ3) is 4.03. The average Bonchev–Trinajstić information content (AvgIpc) is 3.01. The summed E-state index contributed by atoms with van der Waals surface area (Å²) in [6, 6.07) is 12.0. The molecule has 0 radical (unpaired) electrons. The van der Waals surface area contributed by atoms with Crippen LogP contribution in [-0.4, -0.2) is 33.4 Å². The minimum atomic E-state index is -0.230. The van der Waals surface area contributed by atoms with Crippen LogP contribution in [0.1, 0.15) is 47.9 Å². The van der Waals surface area contributed by atoms with Crippen LogP contribution in [0.25, 0.3) is 0 Å². The number of amides is 1. The molecule has 0 saturated heterocycles. The highest BCUT2D eigenvalue weighted by molar-refractivity contribution is 5.92. The third-order valence-electron chi connectivity index (χ3n) is 4.72. The Hall–Kier alpha value is -2.14. The summed E-state index contributed by atoms with van der Waals surface area (Å²) >= 11 is 0. The van der Waals surface area contributed by atoms with Crippen molar-refractivity contribution in [1.29, 1.82) is 0 Å². The Labute approximate surface area is 142 Å². The molecule has 1 aliphatic rings. The zero-order valence-electron chi connectivity index (χ0n) is 14.0. The predicted octanol–water partition coefficient (Wildman–Crippen LogP) is 2.47. The van der Waals surface area contributed by atoms with Gasteiger partial charge in [-0.1, -0.05) is 43.7 Å². The van der Waals surface area contributed by atoms with Crippen LogP contribution >= 0.6 is 0 Å². The van der Waals surface area contributed by atoms with Crippen molar-refractivity contribution in [1.82, 2.24) is 15.5 Å². The van der Waals surface area contributed by atoms with Gasteiger partial charge in [-0.3, -0.25) is 9.89 Å². The van der Waals surface area contributed by atoms with Crippen molar-refractivity contribution in [2.75, 3.05) is 0 Å². The monoisotopic (exact) mass is 327 g/mol. The largest absolute Gasteiger partial charge is 0.393 e. The molecule has 1 saturated carbocycles. The Morgan fingerprint density at radius 3 is 2.79 bits per heavy atom. The number of aliphatic hydroxyl groups is 1. The smallest absolute Gasteiger partial charge is 0.272 e. The number of nitrogens with one attached hydrogen (secondary N) is 2. The van der Waals surface area contributed by atoms with Gasteiger partial charge in [0, 0.05) is 11.7 Å². The van der Waals surface area contributed by atoms with Crippen LogP contribution in [0.3, 0.4) is 0 Å². The second-order valence-electron chi connectivity index (χ2n) is 6.68. The fraction of sp³-hybridized carbons (Fsp3) is 0.474. The van der Waals surface area contributed by atoms with Gasteiger partial charge in [0.2, 0.25) is 0 Å². The van der Waals surface area contributed by atoms with Crippen LogP contribution in [0.5, 0.6) is 0 Å². The SMILES string of the molecule is CCCc1cc(C(=O)NC(Cc2ccccc2)C2CC(O)C2)n[nH]1. The predicted molar refractivity (Wildman–Crippen MR) is 92.7 cm³/mol. The van der Waals surface area contributed by atoms with Crippen molar-refractivity contribution in [2.24, 2.45) is 5.92 Å². The van der Waals surface area contributed by atoms with Crippen molar-refractivity contribution in [3.63, 3.8) is 0 Å². The highest BCUT2D eigenvalue weighted by atomic mass is 16.3. The number of carbonyl (C=O) groups excluding carboxylic acids is 1. The van der Waals surface area contributed by atoms with Crippen LogP contribution in [-0.2, 0) is 12.8 Å². The number of H-pyrrole nitrogens is 1. The molecule has 1 heterocycles. The molecule has 3 rings (SSSR count). The van der Waals surface area contributed by atoms with E-state index in [4.69, 9.17) is 0 Å². The summed E-state index contributed by atoms with van der Waals surface area (Å²) in [7, 11) is 0. The molecule has 3 N–H and O–H groups in total. The maximum absolute atomic E-state index is 12.5. The molecule has 5 nitrogen and oxygen atoms in total. The summed E-state index contributed by atoms with van der Waals surface area (Å²) in [4.78, 5) is 12.5. The fourth-order valence-corrected chi connectivity index (χ4v) is 3.28. The maximum atomic E-state index is 12.5. The molecular formula is C19H25N3O2. The van der Waals surface area contributed by atoms with E-state index in [0.29, 0.717) is 11.6 Å². The topological polar surface area (TPSA) is 78.0 Å². The molecule has 1 amide bonds. The molecular weight excluding hydrogens is 302 g/mol. The zero-order valence-corrected chi connectivity index (χ0v) is 14.0. The zero-order chi connectivity index (χ0) is 16.9. The Kier molecular flexibility index (Phi) is 5.30. The van der Waals surface area contributed by atoms with Crippen LogP contribution in [0.4, 0.5) is 0 Å².